The zero-order valence-corrected chi connectivity index (χ0v) is 10.1. The molecule has 0 amide bonds. The van der Waals surface area contributed by atoms with Crippen molar-refractivity contribution in [2.45, 2.75) is 19.1 Å². The molecule has 1 unspecified atom stereocenters. The summed E-state index contributed by atoms with van der Waals surface area (Å²) in [5.41, 5.74) is 1.27. The van der Waals surface area contributed by atoms with E-state index in [2.05, 4.69) is 16.7 Å². The number of likely N-dealkylation sites (tertiary alicyclic amines) is 1. The van der Waals surface area contributed by atoms with Crippen LogP contribution >= 0.6 is 0 Å². The third-order valence-corrected chi connectivity index (χ3v) is 2.99. The molecule has 2 N–H and O–H groups in total. The fourth-order valence-electron chi connectivity index (χ4n) is 2.12. The molecule has 18 heavy (non-hydrogen) atoms. The van der Waals surface area contributed by atoms with Gasteiger partial charge < -0.3 is 10.2 Å². The van der Waals surface area contributed by atoms with Crippen molar-refractivity contribution in [3.8, 4) is 11.8 Å². The van der Waals surface area contributed by atoms with Crippen molar-refractivity contribution in [1.82, 2.24) is 4.90 Å². The Balaban J connectivity index is 2.09. The molecule has 96 valence electrons. The van der Waals surface area contributed by atoms with Gasteiger partial charge in [0.2, 0.25) is 0 Å². The fraction of sp³-hybridized carbons (Fsp3) is 0.429. The Labute approximate surface area is 106 Å². The normalized spacial score (nSPS) is 19.6. The maximum absolute atomic E-state index is 13.4. The van der Waals surface area contributed by atoms with Gasteiger partial charge >= 0.3 is 0 Å². The fourth-order valence-corrected chi connectivity index (χ4v) is 2.12. The molecule has 1 atom stereocenters. The number of hydrogen-bond acceptors (Lipinski definition) is 3. The minimum atomic E-state index is -0.374. The summed E-state index contributed by atoms with van der Waals surface area (Å²) < 4.78 is 13.4. The van der Waals surface area contributed by atoms with Gasteiger partial charge in [0, 0.05) is 19.6 Å². The molecule has 1 heterocycles. The smallest absolute Gasteiger partial charge is 0.138 e. The average molecular weight is 249 g/mol. The molecule has 1 aliphatic heterocycles. The number of hydrogen-bond donors (Lipinski definition) is 2. The van der Waals surface area contributed by atoms with Gasteiger partial charge in [0.25, 0.3) is 0 Å². The van der Waals surface area contributed by atoms with Gasteiger partial charge in [0.15, 0.2) is 0 Å². The van der Waals surface area contributed by atoms with Crippen LogP contribution in [0, 0.1) is 17.7 Å². The lowest BCUT2D eigenvalue weighted by Gasteiger charge is -2.15. The van der Waals surface area contributed by atoms with E-state index < -0.39 is 0 Å². The van der Waals surface area contributed by atoms with Gasteiger partial charge in [-0.05, 0) is 24.1 Å². The van der Waals surface area contributed by atoms with Crippen LogP contribution in [0.1, 0.15) is 17.5 Å². The molecular formula is C14H16FNO2. The molecular weight excluding hydrogens is 233 g/mol. The number of nitrogens with zero attached hydrogens (tertiary/aromatic N) is 1. The first-order valence-electron chi connectivity index (χ1n) is 5.97. The second-order valence-corrected chi connectivity index (χ2v) is 4.45. The molecule has 2 rings (SSSR count). The Hall–Kier alpha value is -1.41. The predicted molar refractivity (Wildman–Crippen MR) is 66.3 cm³/mol. The topological polar surface area (TPSA) is 43.7 Å². The number of benzene rings is 1. The number of rotatable bonds is 2. The van der Waals surface area contributed by atoms with E-state index in [1.54, 1.807) is 12.1 Å². The second kappa shape index (κ2) is 5.96. The molecule has 1 aromatic carbocycles. The highest BCUT2D eigenvalue weighted by Crippen LogP contribution is 2.15. The van der Waals surface area contributed by atoms with Crippen LogP contribution in [0.4, 0.5) is 4.39 Å². The van der Waals surface area contributed by atoms with Gasteiger partial charge in [0.1, 0.15) is 12.4 Å². The van der Waals surface area contributed by atoms with E-state index in [4.69, 9.17) is 5.11 Å². The zero-order chi connectivity index (χ0) is 13.0. The van der Waals surface area contributed by atoms with Gasteiger partial charge in [-0.25, -0.2) is 4.39 Å². The first-order valence-corrected chi connectivity index (χ1v) is 5.97. The summed E-state index contributed by atoms with van der Waals surface area (Å²) in [5, 5.41) is 18.1. The van der Waals surface area contributed by atoms with Crippen molar-refractivity contribution in [2.24, 2.45) is 0 Å². The largest absolute Gasteiger partial charge is 0.392 e. The van der Waals surface area contributed by atoms with Gasteiger partial charge in [-0.1, -0.05) is 17.9 Å². The molecule has 1 aromatic rings. The van der Waals surface area contributed by atoms with Crippen molar-refractivity contribution in [3.05, 3.63) is 35.1 Å². The summed E-state index contributed by atoms with van der Waals surface area (Å²) >= 11 is 0. The summed E-state index contributed by atoms with van der Waals surface area (Å²) in [6, 6.07) is 4.82. The molecule has 1 fully saturated rings. The maximum Gasteiger partial charge on any atom is 0.138 e. The SMILES string of the molecule is OCC#Cc1cc(CN2CCC(O)C2)ccc1F. The monoisotopic (exact) mass is 249 g/mol. The summed E-state index contributed by atoms with van der Waals surface area (Å²) in [6.45, 7) is 1.93. The third kappa shape index (κ3) is 3.30. The van der Waals surface area contributed by atoms with Crippen LogP contribution in [0.15, 0.2) is 18.2 Å². The quantitative estimate of drug-likeness (QED) is 0.760. The van der Waals surface area contributed by atoms with Gasteiger partial charge in [-0.2, -0.15) is 0 Å². The van der Waals surface area contributed by atoms with Crippen LogP contribution in [0.25, 0.3) is 0 Å². The lowest BCUT2D eigenvalue weighted by Crippen LogP contribution is -2.21. The van der Waals surface area contributed by atoms with Gasteiger partial charge in [-0.3, -0.25) is 4.90 Å². The minimum absolute atomic E-state index is 0.251. The van der Waals surface area contributed by atoms with Crippen molar-refractivity contribution >= 4 is 0 Å². The second-order valence-electron chi connectivity index (χ2n) is 4.45. The number of halogens is 1. The molecule has 0 aliphatic carbocycles. The van der Waals surface area contributed by atoms with Crippen LogP contribution < -0.4 is 0 Å². The third-order valence-electron chi connectivity index (χ3n) is 2.99. The molecule has 0 spiro atoms. The van der Waals surface area contributed by atoms with Crippen molar-refractivity contribution in [1.29, 1.82) is 0 Å². The lowest BCUT2D eigenvalue weighted by atomic mass is 10.1. The van der Waals surface area contributed by atoms with Gasteiger partial charge in [0.05, 0.1) is 11.7 Å². The Bertz CT molecular complexity index is 478. The molecule has 0 aromatic heterocycles. The molecule has 0 radical (unpaired) electrons. The van der Waals surface area contributed by atoms with Crippen LogP contribution in [0.3, 0.4) is 0 Å². The first-order chi connectivity index (χ1) is 8.69. The standard InChI is InChI=1S/C14H16FNO2/c15-14-4-3-11(8-12(14)2-1-7-17)9-16-6-5-13(18)10-16/h3-4,8,13,17-18H,5-7,9-10H2. The summed E-state index contributed by atoms with van der Waals surface area (Å²) in [4.78, 5) is 2.13. The number of β-amino-alcohol motifs (C(OH)–C–C–N with tert-alkyl or cyclic N) is 1. The molecule has 0 saturated carbocycles. The number of aliphatic hydroxyl groups is 2. The lowest BCUT2D eigenvalue weighted by molar-refractivity contribution is 0.175. The molecule has 1 saturated heterocycles. The van der Waals surface area contributed by atoms with E-state index >= 15 is 0 Å². The van der Waals surface area contributed by atoms with Crippen LogP contribution in [-0.4, -0.2) is 40.9 Å². The average Bonchev–Trinajstić information content (AvgIpc) is 2.75. The maximum atomic E-state index is 13.4. The van der Waals surface area contributed by atoms with Crippen molar-refractivity contribution in [3.63, 3.8) is 0 Å². The summed E-state index contributed by atoms with van der Waals surface area (Å²) in [6.07, 6.45) is 0.539. The van der Waals surface area contributed by atoms with Crippen LogP contribution in [0.5, 0.6) is 0 Å². The van der Waals surface area contributed by atoms with E-state index in [1.807, 2.05) is 0 Å². The van der Waals surface area contributed by atoms with E-state index in [0.29, 0.717) is 18.7 Å². The minimum Gasteiger partial charge on any atom is -0.392 e. The molecule has 0 bridgehead atoms. The first kappa shape index (κ1) is 13.0. The Kier molecular flexibility index (Phi) is 4.32. The molecule has 1 aliphatic rings. The molecule has 4 heteroatoms. The highest BCUT2D eigenvalue weighted by molar-refractivity contribution is 5.38. The Morgan fingerprint density at radius 3 is 2.94 bits per heavy atom. The van der Waals surface area contributed by atoms with E-state index in [-0.39, 0.29) is 18.5 Å². The zero-order valence-electron chi connectivity index (χ0n) is 10.1. The van der Waals surface area contributed by atoms with Crippen molar-refractivity contribution in [2.75, 3.05) is 19.7 Å². The van der Waals surface area contributed by atoms with E-state index in [1.165, 1.54) is 6.07 Å². The highest BCUT2D eigenvalue weighted by Gasteiger charge is 2.20. The van der Waals surface area contributed by atoms with Crippen LogP contribution in [-0.2, 0) is 6.54 Å². The Morgan fingerprint density at radius 2 is 2.28 bits per heavy atom. The van der Waals surface area contributed by atoms with Crippen molar-refractivity contribution < 1.29 is 14.6 Å². The predicted octanol–water partition coefficient (Wildman–Crippen LogP) is 0.736. The highest BCUT2D eigenvalue weighted by atomic mass is 19.1. The Morgan fingerprint density at radius 1 is 1.44 bits per heavy atom. The molecule has 3 nitrogen and oxygen atoms in total. The summed E-state index contributed by atoms with van der Waals surface area (Å²) in [5.74, 6) is 4.67. The van der Waals surface area contributed by atoms with E-state index in [9.17, 15) is 9.50 Å². The summed E-state index contributed by atoms with van der Waals surface area (Å²) in [7, 11) is 0. The van der Waals surface area contributed by atoms with Crippen LogP contribution in [0.2, 0.25) is 0 Å². The van der Waals surface area contributed by atoms with Gasteiger partial charge in [-0.15, -0.1) is 0 Å². The number of aliphatic hydroxyl groups excluding tert-OH is 2. The van der Waals surface area contributed by atoms with E-state index in [0.717, 1.165) is 18.5 Å².